The van der Waals surface area contributed by atoms with Gasteiger partial charge in [-0.1, -0.05) is 0 Å². The standard InChI is InChI=1S/C14H24N4O2/c1-15-12-9-14(17-13(16-12)10-19-3)20-8-6-11-5-4-7-18(11)2/h9,11H,4-8,10H2,1-3H3,(H,15,16,17). The van der Waals surface area contributed by atoms with Crippen LogP contribution in [0.3, 0.4) is 0 Å². The van der Waals surface area contributed by atoms with Crippen LogP contribution in [0.25, 0.3) is 0 Å². The molecule has 0 aliphatic carbocycles. The summed E-state index contributed by atoms with van der Waals surface area (Å²) in [4.78, 5) is 11.0. The van der Waals surface area contributed by atoms with Gasteiger partial charge in [-0.3, -0.25) is 0 Å². The molecule has 0 spiro atoms. The lowest BCUT2D eigenvalue weighted by atomic mass is 10.1. The lowest BCUT2D eigenvalue weighted by Gasteiger charge is -2.19. The SMILES string of the molecule is CNc1cc(OCCC2CCCN2C)nc(COC)n1. The molecule has 6 nitrogen and oxygen atoms in total. The summed E-state index contributed by atoms with van der Waals surface area (Å²) in [6.45, 7) is 2.26. The average Bonchev–Trinajstić information content (AvgIpc) is 2.84. The lowest BCUT2D eigenvalue weighted by molar-refractivity contribution is 0.175. The number of nitrogens with one attached hydrogen (secondary N) is 1. The molecule has 20 heavy (non-hydrogen) atoms. The molecule has 1 unspecified atom stereocenters. The van der Waals surface area contributed by atoms with Gasteiger partial charge in [-0.2, -0.15) is 4.98 Å². The molecule has 2 rings (SSSR count). The molecule has 1 fully saturated rings. The van der Waals surface area contributed by atoms with Crippen molar-refractivity contribution in [3.63, 3.8) is 0 Å². The first-order chi connectivity index (χ1) is 9.72. The molecular formula is C14H24N4O2. The van der Waals surface area contributed by atoms with Crippen molar-refractivity contribution in [3.8, 4) is 5.88 Å². The van der Waals surface area contributed by atoms with E-state index in [9.17, 15) is 0 Å². The van der Waals surface area contributed by atoms with E-state index in [1.807, 2.05) is 13.1 Å². The minimum absolute atomic E-state index is 0.386. The highest BCUT2D eigenvalue weighted by Gasteiger charge is 2.20. The second-order valence-corrected chi connectivity index (χ2v) is 5.10. The third kappa shape index (κ3) is 4.05. The summed E-state index contributed by atoms with van der Waals surface area (Å²) < 4.78 is 10.8. The first-order valence-corrected chi connectivity index (χ1v) is 7.10. The number of rotatable bonds is 7. The summed E-state index contributed by atoms with van der Waals surface area (Å²) in [5.41, 5.74) is 0. The quantitative estimate of drug-likeness (QED) is 0.817. The maximum absolute atomic E-state index is 5.77. The molecule has 0 saturated carbocycles. The third-order valence-corrected chi connectivity index (χ3v) is 3.65. The van der Waals surface area contributed by atoms with Crippen molar-refractivity contribution in [2.24, 2.45) is 0 Å². The van der Waals surface area contributed by atoms with Gasteiger partial charge in [0.05, 0.1) is 6.61 Å². The molecule has 2 heterocycles. The largest absolute Gasteiger partial charge is 0.477 e. The first kappa shape index (κ1) is 15.0. The van der Waals surface area contributed by atoms with E-state index in [1.54, 1.807) is 7.11 Å². The summed E-state index contributed by atoms with van der Waals surface area (Å²) in [7, 11) is 5.64. The van der Waals surface area contributed by atoms with Crippen molar-refractivity contribution in [3.05, 3.63) is 11.9 Å². The van der Waals surface area contributed by atoms with Crippen molar-refractivity contribution >= 4 is 5.82 Å². The number of ether oxygens (including phenoxy) is 2. The Morgan fingerprint density at radius 2 is 2.30 bits per heavy atom. The number of aromatic nitrogens is 2. The van der Waals surface area contributed by atoms with Crippen LogP contribution >= 0.6 is 0 Å². The first-order valence-electron chi connectivity index (χ1n) is 7.10. The molecule has 0 amide bonds. The van der Waals surface area contributed by atoms with Gasteiger partial charge in [-0.25, -0.2) is 4.98 Å². The number of likely N-dealkylation sites (tertiary alicyclic amines) is 1. The van der Waals surface area contributed by atoms with E-state index < -0.39 is 0 Å². The van der Waals surface area contributed by atoms with Gasteiger partial charge in [-0.05, 0) is 32.9 Å². The van der Waals surface area contributed by atoms with E-state index in [0.29, 0.717) is 31.0 Å². The predicted octanol–water partition coefficient (Wildman–Crippen LogP) is 1.53. The number of methoxy groups -OCH3 is 1. The number of hydrogen-bond donors (Lipinski definition) is 1. The number of anilines is 1. The summed E-state index contributed by atoms with van der Waals surface area (Å²) in [5, 5.41) is 3.01. The Kier molecular flexibility index (Phi) is 5.55. The van der Waals surface area contributed by atoms with Crippen molar-refractivity contribution in [2.75, 3.05) is 39.7 Å². The predicted molar refractivity (Wildman–Crippen MR) is 78.1 cm³/mol. The maximum atomic E-state index is 5.77. The van der Waals surface area contributed by atoms with Crippen molar-refractivity contribution in [2.45, 2.75) is 31.9 Å². The van der Waals surface area contributed by atoms with Crippen LogP contribution in [-0.4, -0.2) is 55.3 Å². The highest BCUT2D eigenvalue weighted by Crippen LogP contribution is 2.19. The fraction of sp³-hybridized carbons (Fsp3) is 0.714. The van der Waals surface area contributed by atoms with Crippen LogP contribution in [0.2, 0.25) is 0 Å². The topological polar surface area (TPSA) is 59.5 Å². The Morgan fingerprint density at radius 1 is 1.45 bits per heavy atom. The molecule has 112 valence electrons. The molecule has 1 aliphatic rings. The molecule has 6 heteroatoms. The Balaban J connectivity index is 1.89. The highest BCUT2D eigenvalue weighted by atomic mass is 16.5. The Hall–Kier alpha value is -1.40. The van der Waals surface area contributed by atoms with E-state index in [-0.39, 0.29) is 0 Å². The van der Waals surface area contributed by atoms with Crippen molar-refractivity contribution < 1.29 is 9.47 Å². The van der Waals surface area contributed by atoms with Crippen LogP contribution in [0.5, 0.6) is 5.88 Å². The van der Waals surface area contributed by atoms with Gasteiger partial charge in [0.1, 0.15) is 12.4 Å². The third-order valence-electron chi connectivity index (χ3n) is 3.65. The van der Waals surface area contributed by atoms with Gasteiger partial charge in [0.25, 0.3) is 0 Å². The number of hydrogen-bond acceptors (Lipinski definition) is 6. The zero-order valence-electron chi connectivity index (χ0n) is 12.6. The van der Waals surface area contributed by atoms with Gasteiger partial charge in [0, 0.05) is 26.3 Å². The van der Waals surface area contributed by atoms with E-state index in [4.69, 9.17) is 9.47 Å². The van der Waals surface area contributed by atoms with Crippen LogP contribution in [0.1, 0.15) is 25.1 Å². The Bertz CT molecular complexity index is 428. The molecule has 1 N–H and O–H groups in total. The maximum Gasteiger partial charge on any atom is 0.218 e. The van der Waals surface area contributed by atoms with Gasteiger partial charge in [-0.15, -0.1) is 0 Å². The van der Waals surface area contributed by atoms with Crippen LogP contribution in [-0.2, 0) is 11.3 Å². The normalized spacial score (nSPS) is 19.2. The molecule has 0 aromatic carbocycles. The average molecular weight is 280 g/mol. The summed E-state index contributed by atoms with van der Waals surface area (Å²) >= 11 is 0. The highest BCUT2D eigenvalue weighted by molar-refractivity contribution is 5.37. The summed E-state index contributed by atoms with van der Waals surface area (Å²) in [6.07, 6.45) is 3.59. The van der Waals surface area contributed by atoms with Gasteiger partial charge >= 0.3 is 0 Å². The molecule has 0 bridgehead atoms. The summed E-state index contributed by atoms with van der Waals surface area (Å²) in [5.74, 6) is 1.99. The molecule has 1 atom stereocenters. The zero-order chi connectivity index (χ0) is 14.4. The second kappa shape index (κ2) is 7.40. The van der Waals surface area contributed by atoms with Crippen LogP contribution in [0.4, 0.5) is 5.82 Å². The molecule has 1 saturated heterocycles. The molecule has 0 radical (unpaired) electrons. The molecule has 1 aromatic heterocycles. The van der Waals surface area contributed by atoms with Gasteiger partial charge in [0.2, 0.25) is 5.88 Å². The van der Waals surface area contributed by atoms with E-state index in [0.717, 1.165) is 12.2 Å². The van der Waals surface area contributed by atoms with E-state index >= 15 is 0 Å². The minimum atomic E-state index is 0.386. The van der Waals surface area contributed by atoms with Gasteiger partial charge in [0.15, 0.2) is 5.82 Å². The fourth-order valence-electron chi connectivity index (χ4n) is 2.51. The fourth-order valence-corrected chi connectivity index (χ4v) is 2.51. The van der Waals surface area contributed by atoms with Crippen LogP contribution in [0, 0.1) is 0 Å². The second-order valence-electron chi connectivity index (χ2n) is 5.10. The number of nitrogens with zero attached hydrogens (tertiary/aromatic N) is 3. The van der Waals surface area contributed by atoms with Gasteiger partial charge < -0.3 is 19.7 Å². The molecular weight excluding hydrogens is 256 g/mol. The van der Waals surface area contributed by atoms with Crippen molar-refractivity contribution in [1.29, 1.82) is 0 Å². The lowest BCUT2D eigenvalue weighted by Crippen LogP contribution is -2.26. The zero-order valence-corrected chi connectivity index (χ0v) is 12.6. The van der Waals surface area contributed by atoms with E-state index in [1.165, 1.54) is 19.4 Å². The van der Waals surface area contributed by atoms with Crippen LogP contribution < -0.4 is 10.1 Å². The monoisotopic (exact) mass is 280 g/mol. The van der Waals surface area contributed by atoms with E-state index in [2.05, 4.69) is 27.2 Å². The summed E-state index contributed by atoms with van der Waals surface area (Å²) in [6, 6.07) is 2.45. The Morgan fingerprint density at radius 3 is 2.95 bits per heavy atom. The van der Waals surface area contributed by atoms with Crippen LogP contribution in [0.15, 0.2) is 6.07 Å². The Labute approximate surface area is 120 Å². The minimum Gasteiger partial charge on any atom is -0.477 e. The smallest absolute Gasteiger partial charge is 0.218 e. The molecule has 1 aromatic rings. The molecule has 1 aliphatic heterocycles. The van der Waals surface area contributed by atoms with Crippen molar-refractivity contribution in [1.82, 2.24) is 14.9 Å².